The van der Waals surface area contributed by atoms with Crippen molar-refractivity contribution in [3.8, 4) is 11.5 Å². The lowest BCUT2D eigenvalue weighted by Crippen LogP contribution is -2.13. The molecule has 0 aliphatic heterocycles. The number of hydrogen-bond acceptors (Lipinski definition) is 5. The SMILES string of the molecule is COc1ccc(N)cc1NC(=O)c1ccc(OC(C)=O)cc1. The van der Waals surface area contributed by atoms with Crippen molar-refractivity contribution in [1.29, 1.82) is 0 Å². The van der Waals surface area contributed by atoms with E-state index in [1.165, 1.54) is 14.0 Å². The molecule has 1 amide bonds. The van der Waals surface area contributed by atoms with Gasteiger partial charge < -0.3 is 20.5 Å². The number of nitrogen functional groups attached to an aromatic ring is 1. The van der Waals surface area contributed by atoms with Crippen molar-refractivity contribution in [2.75, 3.05) is 18.2 Å². The zero-order valence-electron chi connectivity index (χ0n) is 12.3. The Hall–Kier alpha value is -3.02. The molecule has 2 rings (SSSR count). The highest BCUT2D eigenvalue weighted by Gasteiger charge is 2.10. The van der Waals surface area contributed by atoms with E-state index < -0.39 is 5.97 Å². The number of anilines is 2. The number of carbonyl (C=O) groups is 2. The first-order chi connectivity index (χ1) is 10.5. The van der Waals surface area contributed by atoms with Crippen LogP contribution in [0.4, 0.5) is 11.4 Å². The fourth-order valence-electron chi connectivity index (χ4n) is 1.86. The highest BCUT2D eigenvalue weighted by atomic mass is 16.5. The highest BCUT2D eigenvalue weighted by Crippen LogP contribution is 2.27. The van der Waals surface area contributed by atoms with E-state index in [2.05, 4.69) is 5.32 Å². The normalized spacial score (nSPS) is 9.91. The molecule has 0 atom stereocenters. The molecule has 0 heterocycles. The van der Waals surface area contributed by atoms with E-state index in [0.29, 0.717) is 28.4 Å². The van der Waals surface area contributed by atoms with Gasteiger partial charge >= 0.3 is 5.97 Å². The molecule has 0 aliphatic rings. The Morgan fingerprint density at radius 2 is 1.77 bits per heavy atom. The van der Waals surface area contributed by atoms with Gasteiger partial charge in [0.15, 0.2) is 0 Å². The quantitative estimate of drug-likeness (QED) is 0.514. The van der Waals surface area contributed by atoms with Crippen molar-refractivity contribution in [2.24, 2.45) is 0 Å². The molecule has 22 heavy (non-hydrogen) atoms. The van der Waals surface area contributed by atoms with E-state index in [1.54, 1.807) is 42.5 Å². The predicted molar refractivity (Wildman–Crippen MR) is 83.1 cm³/mol. The van der Waals surface area contributed by atoms with E-state index in [0.717, 1.165) is 0 Å². The molecule has 0 aliphatic carbocycles. The molecular formula is C16H16N2O4. The van der Waals surface area contributed by atoms with Crippen LogP contribution >= 0.6 is 0 Å². The molecule has 0 radical (unpaired) electrons. The van der Waals surface area contributed by atoms with Gasteiger partial charge in [-0.25, -0.2) is 0 Å². The minimum absolute atomic E-state index is 0.321. The number of amides is 1. The molecule has 0 saturated carbocycles. The van der Waals surface area contributed by atoms with Crippen LogP contribution in [0.1, 0.15) is 17.3 Å². The average Bonchev–Trinajstić information content (AvgIpc) is 2.47. The van der Waals surface area contributed by atoms with Crippen molar-refractivity contribution < 1.29 is 19.1 Å². The number of ether oxygens (including phenoxy) is 2. The third-order valence-corrected chi connectivity index (χ3v) is 2.85. The number of rotatable bonds is 4. The highest BCUT2D eigenvalue weighted by molar-refractivity contribution is 6.05. The summed E-state index contributed by atoms with van der Waals surface area (Å²) in [4.78, 5) is 23.1. The maximum atomic E-state index is 12.2. The van der Waals surface area contributed by atoms with Gasteiger partial charge in [-0.2, -0.15) is 0 Å². The molecule has 0 spiro atoms. The molecule has 3 N–H and O–H groups in total. The summed E-state index contributed by atoms with van der Waals surface area (Å²) in [6, 6.07) is 11.2. The molecular weight excluding hydrogens is 284 g/mol. The molecule has 6 heteroatoms. The number of benzene rings is 2. The van der Waals surface area contributed by atoms with Gasteiger partial charge in [-0.15, -0.1) is 0 Å². The van der Waals surface area contributed by atoms with E-state index in [4.69, 9.17) is 15.2 Å². The van der Waals surface area contributed by atoms with Gasteiger partial charge in [-0.3, -0.25) is 9.59 Å². The van der Waals surface area contributed by atoms with E-state index >= 15 is 0 Å². The summed E-state index contributed by atoms with van der Waals surface area (Å²) in [5.74, 6) is 0.157. The second-order valence-corrected chi connectivity index (χ2v) is 4.53. The van der Waals surface area contributed by atoms with E-state index in [-0.39, 0.29) is 5.91 Å². The summed E-state index contributed by atoms with van der Waals surface area (Å²) < 4.78 is 10.1. The third-order valence-electron chi connectivity index (χ3n) is 2.85. The predicted octanol–water partition coefficient (Wildman–Crippen LogP) is 2.46. The van der Waals surface area contributed by atoms with Gasteiger partial charge in [0.05, 0.1) is 12.8 Å². The molecule has 2 aromatic rings. The second-order valence-electron chi connectivity index (χ2n) is 4.53. The van der Waals surface area contributed by atoms with Gasteiger partial charge in [0.25, 0.3) is 5.91 Å². The number of hydrogen-bond donors (Lipinski definition) is 2. The van der Waals surface area contributed by atoms with Crippen molar-refractivity contribution in [2.45, 2.75) is 6.92 Å². The fourth-order valence-corrected chi connectivity index (χ4v) is 1.86. The Kier molecular flexibility index (Phi) is 4.63. The minimum Gasteiger partial charge on any atom is -0.495 e. The molecule has 0 saturated heterocycles. The minimum atomic E-state index is -0.415. The Balaban J connectivity index is 2.15. The number of nitrogens with two attached hydrogens (primary N) is 1. The van der Waals surface area contributed by atoms with Crippen LogP contribution in [0.2, 0.25) is 0 Å². The maximum Gasteiger partial charge on any atom is 0.308 e. The first-order valence-corrected chi connectivity index (χ1v) is 6.53. The lowest BCUT2D eigenvalue weighted by Gasteiger charge is -2.11. The van der Waals surface area contributed by atoms with Crippen molar-refractivity contribution in [3.05, 3.63) is 48.0 Å². The topological polar surface area (TPSA) is 90.7 Å². The van der Waals surface area contributed by atoms with Crippen molar-refractivity contribution in [3.63, 3.8) is 0 Å². The fraction of sp³-hybridized carbons (Fsp3) is 0.125. The van der Waals surface area contributed by atoms with Crippen LogP contribution in [0, 0.1) is 0 Å². The second kappa shape index (κ2) is 6.62. The number of carbonyl (C=O) groups excluding carboxylic acids is 2. The van der Waals surface area contributed by atoms with Crippen LogP contribution in [0.3, 0.4) is 0 Å². The summed E-state index contributed by atoms with van der Waals surface area (Å²) >= 11 is 0. The van der Waals surface area contributed by atoms with Crippen LogP contribution in [0.25, 0.3) is 0 Å². The average molecular weight is 300 g/mol. The van der Waals surface area contributed by atoms with Crippen LogP contribution in [-0.2, 0) is 4.79 Å². The van der Waals surface area contributed by atoms with Gasteiger partial charge in [-0.05, 0) is 42.5 Å². The molecule has 0 fully saturated rings. The monoisotopic (exact) mass is 300 g/mol. The number of methoxy groups -OCH3 is 1. The van der Waals surface area contributed by atoms with E-state index in [1.807, 2.05) is 0 Å². The molecule has 0 bridgehead atoms. The van der Waals surface area contributed by atoms with Gasteiger partial charge in [0.2, 0.25) is 0 Å². The summed E-state index contributed by atoms with van der Waals surface area (Å²) in [5, 5.41) is 2.73. The Bertz CT molecular complexity index is 696. The van der Waals surface area contributed by atoms with Crippen LogP contribution in [0.15, 0.2) is 42.5 Å². The molecule has 0 unspecified atom stereocenters. The summed E-state index contributed by atoms with van der Waals surface area (Å²) in [5.41, 5.74) is 7.12. The maximum absolute atomic E-state index is 12.2. The zero-order chi connectivity index (χ0) is 16.1. The molecule has 0 aromatic heterocycles. The Morgan fingerprint density at radius 3 is 2.36 bits per heavy atom. The zero-order valence-corrected chi connectivity index (χ0v) is 12.3. The van der Waals surface area contributed by atoms with E-state index in [9.17, 15) is 9.59 Å². The molecule has 2 aromatic carbocycles. The standard InChI is InChI=1S/C16H16N2O4/c1-10(19)22-13-6-3-11(4-7-13)16(20)18-14-9-12(17)5-8-15(14)21-2/h3-9H,17H2,1-2H3,(H,18,20). The largest absolute Gasteiger partial charge is 0.495 e. The van der Waals surface area contributed by atoms with Crippen LogP contribution in [0.5, 0.6) is 11.5 Å². The summed E-state index contributed by atoms with van der Waals surface area (Å²) in [6.45, 7) is 1.31. The lowest BCUT2D eigenvalue weighted by atomic mass is 10.2. The Labute approximate surface area is 127 Å². The lowest BCUT2D eigenvalue weighted by molar-refractivity contribution is -0.131. The summed E-state index contributed by atoms with van der Waals surface area (Å²) in [7, 11) is 1.51. The van der Waals surface area contributed by atoms with Gasteiger partial charge in [0, 0.05) is 18.2 Å². The molecule has 114 valence electrons. The van der Waals surface area contributed by atoms with Crippen molar-refractivity contribution >= 4 is 23.3 Å². The first-order valence-electron chi connectivity index (χ1n) is 6.53. The third kappa shape index (κ3) is 3.76. The van der Waals surface area contributed by atoms with Gasteiger partial charge in [0.1, 0.15) is 11.5 Å². The summed E-state index contributed by atoms with van der Waals surface area (Å²) in [6.07, 6.45) is 0. The van der Waals surface area contributed by atoms with Crippen molar-refractivity contribution in [1.82, 2.24) is 0 Å². The number of esters is 1. The number of nitrogens with one attached hydrogen (secondary N) is 1. The van der Waals surface area contributed by atoms with Crippen LogP contribution < -0.4 is 20.5 Å². The van der Waals surface area contributed by atoms with Crippen LogP contribution in [-0.4, -0.2) is 19.0 Å². The smallest absolute Gasteiger partial charge is 0.308 e. The molecule has 6 nitrogen and oxygen atoms in total. The Morgan fingerprint density at radius 1 is 1.09 bits per heavy atom. The van der Waals surface area contributed by atoms with Gasteiger partial charge in [-0.1, -0.05) is 0 Å². The first kappa shape index (κ1) is 15.4.